The van der Waals surface area contributed by atoms with Gasteiger partial charge in [0.05, 0.1) is 11.4 Å². The van der Waals surface area contributed by atoms with Crippen molar-refractivity contribution < 1.29 is 0 Å². The molecule has 1 aromatic heterocycles. The van der Waals surface area contributed by atoms with Crippen molar-refractivity contribution in [3.8, 4) is 33.4 Å². The van der Waals surface area contributed by atoms with E-state index < -0.39 is 0 Å². The third-order valence-electron chi connectivity index (χ3n) is 9.87. The maximum absolute atomic E-state index is 2.46. The van der Waals surface area contributed by atoms with Gasteiger partial charge in [0.25, 0.3) is 0 Å². The first-order valence-corrected chi connectivity index (χ1v) is 17.1. The Morgan fingerprint density at radius 3 is 1.53 bits per heavy atom. The second-order valence-electron chi connectivity index (χ2n) is 13.0. The maximum atomic E-state index is 2.46. The standard InChI is InChI=1S/C45H33NS/c1-45(2)39-28-34(31-13-7-4-8-14-31)19-24-41(39)46(36-22-17-32(18-23-36)30-11-5-3-6-12-30)42-25-20-35(29-40(42)45)33-21-26-44-38(27-33)37-15-9-10-16-43(37)47-44/h3-29H,1-2H3. The largest absolute Gasteiger partial charge is 0.310 e. The Morgan fingerprint density at radius 1 is 0.404 bits per heavy atom. The van der Waals surface area contributed by atoms with E-state index in [4.69, 9.17) is 0 Å². The van der Waals surface area contributed by atoms with Gasteiger partial charge in [-0.25, -0.2) is 0 Å². The van der Waals surface area contributed by atoms with Crippen LogP contribution in [0.2, 0.25) is 0 Å². The van der Waals surface area contributed by atoms with Gasteiger partial charge in [-0.2, -0.15) is 0 Å². The van der Waals surface area contributed by atoms with Crippen molar-refractivity contribution in [1.82, 2.24) is 0 Å². The molecule has 2 heterocycles. The SMILES string of the molecule is CC1(C)c2cc(-c3ccccc3)ccc2N(c2ccc(-c3ccccc3)cc2)c2ccc(-c3ccc4sc5ccccc5c4c3)cc21. The van der Waals surface area contributed by atoms with Crippen LogP contribution in [0.5, 0.6) is 0 Å². The summed E-state index contributed by atoms with van der Waals surface area (Å²) >= 11 is 1.87. The Kier molecular flexibility index (Phi) is 6.41. The first-order chi connectivity index (χ1) is 23.0. The fraction of sp³-hybridized carbons (Fsp3) is 0.0667. The van der Waals surface area contributed by atoms with Gasteiger partial charge < -0.3 is 4.90 Å². The first kappa shape index (κ1) is 27.8. The molecule has 0 N–H and O–H groups in total. The van der Waals surface area contributed by atoms with Gasteiger partial charge in [-0.1, -0.05) is 123 Å². The summed E-state index contributed by atoms with van der Waals surface area (Å²) in [7, 11) is 0. The molecule has 0 bridgehead atoms. The number of anilines is 3. The van der Waals surface area contributed by atoms with E-state index in [1.54, 1.807) is 0 Å². The predicted molar refractivity (Wildman–Crippen MR) is 202 cm³/mol. The summed E-state index contributed by atoms with van der Waals surface area (Å²) in [6.45, 7) is 4.77. The van der Waals surface area contributed by atoms with Crippen molar-refractivity contribution >= 4 is 48.6 Å². The Labute approximate surface area is 280 Å². The van der Waals surface area contributed by atoms with Crippen LogP contribution < -0.4 is 4.90 Å². The minimum atomic E-state index is -0.217. The van der Waals surface area contributed by atoms with Gasteiger partial charge in [0.2, 0.25) is 0 Å². The third-order valence-corrected chi connectivity index (χ3v) is 11.0. The third kappa shape index (κ3) is 4.60. The topological polar surface area (TPSA) is 3.24 Å². The molecule has 2 heteroatoms. The molecule has 0 saturated carbocycles. The van der Waals surface area contributed by atoms with Crippen LogP contribution in [-0.4, -0.2) is 0 Å². The molecule has 7 aromatic carbocycles. The average Bonchev–Trinajstić information content (AvgIpc) is 3.51. The van der Waals surface area contributed by atoms with Gasteiger partial charge in [0, 0.05) is 31.3 Å². The van der Waals surface area contributed by atoms with Gasteiger partial charge in [-0.15, -0.1) is 11.3 Å². The van der Waals surface area contributed by atoms with Crippen molar-refractivity contribution in [2.24, 2.45) is 0 Å². The van der Waals surface area contributed by atoms with Crippen molar-refractivity contribution in [3.63, 3.8) is 0 Å². The quantitative estimate of drug-likeness (QED) is 0.189. The zero-order valence-corrected chi connectivity index (χ0v) is 27.3. The second-order valence-corrected chi connectivity index (χ2v) is 14.1. The summed E-state index contributed by atoms with van der Waals surface area (Å²) < 4.78 is 2.67. The van der Waals surface area contributed by atoms with Crippen LogP contribution in [0.3, 0.4) is 0 Å². The molecular weight excluding hydrogens is 587 g/mol. The number of hydrogen-bond acceptors (Lipinski definition) is 2. The molecule has 0 aliphatic carbocycles. The molecule has 9 rings (SSSR count). The highest BCUT2D eigenvalue weighted by atomic mass is 32.1. The monoisotopic (exact) mass is 619 g/mol. The van der Waals surface area contributed by atoms with Crippen LogP contribution in [0.1, 0.15) is 25.0 Å². The Bertz CT molecular complexity index is 2420. The number of benzene rings is 7. The van der Waals surface area contributed by atoms with Crippen molar-refractivity contribution in [2.45, 2.75) is 19.3 Å². The lowest BCUT2D eigenvalue weighted by atomic mass is 9.72. The second kappa shape index (κ2) is 10.8. The summed E-state index contributed by atoms with van der Waals surface area (Å²) in [5.41, 5.74) is 13.5. The molecule has 0 atom stereocenters. The highest BCUT2D eigenvalue weighted by molar-refractivity contribution is 7.25. The van der Waals surface area contributed by atoms with E-state index in [0.717, 1.165) is 5.69 Å². The molecule has 1 nitrogen and oxygen atoms in total. The van der Waals surface area contributed by atoms with Gasteiger partial charge in [0.1, 0.15) is 0 Å². The molecule has 0 radical (unpaired) electrons. The summed E-state index contributed by atoms with van der Waals surface area (Å²) in [6, 6.07) is 60.2. The highest BCUT2D eigenvalue weighted by Crippen LogP contribution is 2.53. The van der Waals surface area contributed by atoms with Crippen LogP contribution >= 0.6 is 11.3 Å². The number of thiophene rings is 1. The van der Waals surface area contributed by atoms with Gasteiger partial charge in [0.15, 0.2) is 0 Å². The number of nitrogens with zero attached hydrogens (tertiary/aromatic N) is 1. The Morgan fingerprint density at radius 2 is 0.872 bits per heavy atom. The van der Waals surface area contributed by atoms with Crippen LogP contribution in [-0.2, 0) is 5.41 Å². The molecule has 47 heavy (non-hydrogen) atoms. The van der Waals surface area contributed by atoms with E-state index in [-0.39, 0.29) is 5.41 Å². The van der Waals surface area contributed by atoms with E-state index in [0.29, 0.717) is 0 Å². The fourth-order valence-electron chi connectivity index (χ4n) is 7.35. The van der Waals surface area contributed by atoms with E-state index in [2.05, 4.69) is 183 Å². The normalized spacial score (nSPS) is 13.4. The highest BCUT2D eigenvalue weighted by Gasteiger charge is 2.37. The maximum Gasteiger partial charge on any atom is 0.0503 e. The molecule has 0 amide bonds. The van der Waals surface area contributed by atoms with Crippen molar-refractivity contribution in [3.05, 3.63) is 175 Å². The molecule has 0 unspecified atom stereocenters. The molecule has 0 saturated heterocycles. The fourth-order valence-corrected chi connectivity index (χ4v) is 8.43. The molecule has 224 valence electrons. The van der Waals surface area contributed by atoms with E-state index in [9.17, 15) is 0 Å². The van der Waals surface area contributed by atoms with Gasteiger partial charge in [-0.3, -0.25) is 0 Å². The van der Waals surface area contributed by atoms with E-state index in [1.807, 2.05) is 11.3 Å². The molecular formula is C45H33NS. The zero-order valence-electron chi connectivity index (χ0n) is 26.4. The van der Waals surface area contributed by atoms with E-state index >= 15 is 0 Å². The van der Waals surface area contributed by atoms with Crippen molar-refractivity contribution in [1.29, 1.82) is 0 Å². The average molecular weight is 620 g/mol. The van der Waals surface area contributed by atoms with Crippen molar-refractivity contribution in [2.75, 3.05) is 4.90 Å². The van der Waals surface area contributed by atoms with Crippen LogP contribution in [0.25, 0.3) is 53.6 Å². The summed E-state index contributed by atoms with van der Waals surface area (Å²) in [4.78, 5) is 2.46. The predicted octanol–water partition coefficient (Wildman–Crippen LogP) is 13.2. The molecule has 0 spiro atoms. The number of fused-ring (bicyclic) bond motifs is 5. The molecule has 1 aliphatic heterocycles. The molecule has 0 fully saturated rings. The lowest BCUT2D eigenvalue weighted by molar-refractivity contribution is 0.632. The lowest BCUT2D eigenvalue weighted by Gasteiger charge is -2.42. The zero-order chi connectivity index (χ0) is 31.5. The minimum absolute atomic E-state index is 0.217. The van der Waals surface area contributed by atoms with Gasteiger partial charge >= 0.3 is 0 Å². The lowest BCUT2D eigenvalue weighted by Crippen LogP contribution is -2.30. The number of rotatable bonds is 4. The summed E-state index contributed by atoms with van der Waals surface area (Å²) in [5, 5.41) is 2.66. The number of hydrogen-bond donors (Lipinski definition) is 0. The van der Waals surface area contributed by atoms with Gasteiger partial charge in [-0.05, 0) is 99.1 Å². The minimum Gasteiger partial charge on any atom is -0.310 e. The van der Waals surface area contributed by atoms with Crippen LogP contribution in [0.15, 0.2) is 164 Å². The summed E-state index contributed by atoms with van der Waals surface area (Å²) in [6.07, 6.45) is 0. The molecule has 8 aromatic rings. The van der Waals surface area contributed by atoms with Crippen LogP contribution in [0, 0.1) is 0 Å². The van der Waals surface area contributed by atoms with Crippen LogP contribution in [0.4, 0.5) is 17.1 Å². The Balaban J connectivity index is 1.22. The summed E-state index contributed by atoms with van der Waals surface area (Å²) in [5.74, 6) is 0. The smallest absolute Gasteiger partial charge is 0.0503 e. The first-order valence-electron chi connectivity index (χ1n) is 16.3. The Hall–Kier alpha value is -5.44. The molecule has 1 aliphatic rings. The van der Waals surface area contributed by atoms with E-state index in [1.165, 1.54) is 76.1 Å².